The van der Waals surface area contributed by atoms with Crippen molar-refractivity contribution < 1.29 is 23.7 Å². The van der Waals surface area contributed by atoms with Crippen molar-refractivity contribution in [1.29, 1.82) is 0 Å². The van der Waals surface area contributed by atoms with Crippen LogP contribution in [0.5, 0.6) is 11.5 Å². The lowest BCUT2D eigenvalue weighted by Crippen LogP contribution is -2.41. The Morgan fingerprint density at radius 3 is 2.47 bits per heavy atom. The minimum atomic E-state index is -0.461. The Labute approximate surface area is 326 Å². The van der Waals surface area contributed by atoms with Gasteiger partial charge in [-0.3, -0.25) is 14.2 Å². The quantitative estimate of drug-likeness (QED) is 0.0525. The van der Waals surface area contributed by atoms with Crippen LogP contribution in [-0.4, -0.2) is 82.3 Å². The van der Waals surface area contributed by atoms with Crippen molar-refractivity contribution in [3.05, 3.63) is 132 Å². The van der Waals surface area contributed by atoms with E-state index in [0.29, 0.717) is 46.4 Å². The van der Waals surface area contributed by atoms with Crippen molar-refractivity contribution in [3.8, 4) is 22.6 Å². The number of likely N-dealkylation sites (N-methyl/N-ethyl adjacent to an activating group) is 1. The van der Waals surface area contributed by atoms with Crippen LogP contribution in [0.3, 0.4) is 0 Å². The first-order chi connectivity index (χ1) is 26.4. The number of aromatic nitrogens is 4. The van der Waals surface area contributed by atoms with Gasteiger partial charge in [-0.1, -0.05) is 58.5 Å². The summed E-state index contributed by atoms with van der Waals surface area (Å²) in [4.78, 5) is 55.9. The van der Waals surface area contributed by atoms with E-state index >= 15 is 0 Å². The van der Waals surface area contributed by atoms with Crippen LogP contribution in [0.25, 0.3) is 22.2 Å². The van der Waals surface area contributed by atoms with Crippen LogP contribution in [0.4, 0.5) is 11.8 Å². The molecule has 0 atom stereocenters. The fourth-order valence-corrected chi connectivity index (χ4v) is 6.99. The van der Waals surface area contributed by atoms with Gasteiger partial charge in [-0.05, 0) is 46.4 Å². The Morgan fingerprint density at radius 2 is 1.78 bits per heavy atom. The number of nitrogens with zero attached hydrogens (tertiary/aromatic N) is 7. The van der Waals surface area contributed by atoms with Gasteiger partial charge in [-0.15, -0.1) is 0 Å². The highest BCUT2D eigenvalue weighted by atomic mass is 35.5. The average molecular weight is 785 g/mol. The molecule has 3 aromatic heterocycles. The molecule has 0 unspecified atom stereocenters. The van der Waals surface area contributed by atoms with Crippen molar-refractivity contribution >= 4 is 58.0 Å². The van der Waals surface area contributed by atoms with E-state index in [4.69, 9.17) is 37.7 Å². The van der Waals surface area contributed by atoms with Crippen molar-refractivity contribution in [2.24, 2.45) is 4.99 Å². The molecule has 6 rings (SSSR count). The molecule has 282 valence electrons. The zero-order chi connectivity index (χ0) is 39.3. The molecule has 5 aromatic rings. The molecule has 0 saturated heterocycles. The predicted molar refractivity (Wildman–Crippen MR) is 212 cm³/mol. The van der Waals surface area contributed by atoms with E-state index in [1.165, 1.54) is 24.9 Å². The van der Waals surface area contributed by atoms with E-state index < -0.39 is 10.5 Å². The highest BCUT2D eigenvalue weighted by Gasteiger charge is 2.28. The summed E-state index contributed by atoms with van der Waals surface area (Å²) in [6.45, 7) is 0.995. The fraction of sp³-hybridized carbons (Fsp3) is 0.231. The van der Waals surface area contributed by atoms with Crippen LogP contribution in [0, 0.1) is 10.1 Å². The monoisotopic (exact) mass is 783 g/mol. The van der Waals surface area contributed by atoms with E-state index in [-0.39, 0.29) is 63.2 Å². The van der Waals surface area contributed by atoms with E-state index in [0.717, 1.165) is 11.1 Å². The molecule has 1 aliphatic heterocycles. The normalized spacial score (nSPS) is 12.8. The highest BCUT2D eigenvalue weighted by molar-refractivity contribution is 6.41. The number of benzene rings is 2. The van der Waals surface area contributed by atoms with Gasteiger partial charge in [0.05, 0.1) is 62.6 Å². The van der Waals surface area contributed by atoms with E-state index in [2.05, 4.69) is 20.3 Å². The standard InChI is InChI=1S/C39H36Cl2N8O6/c1-49(2,23-26-13-15-43-36(26)48(52)53)16-8-11-28(50)18-24-9-7-10-25(17-24)22-47-37-27(21-44-39(46-37)45-32-12-5-6-14-42-32)19-29(38(47)51)33-34(40)30(54-3)20-31(55-4)35(33)41/h5-12,14-15,17,19-21H,13,16,18,22-23H2,1-4H3/p+1/b11-8+. The molecule has 0 spiro atoms. The second-order valence-electron chi connectivity index (χ2n) is 13.4. The first kappa shape index (κ1) is 38.8. The smallest absolute Gasteiger partial charge is 0.368 e. The number of anilines is 2. The van der Waals surface area contributed by atoms with Crippen molar-refractivity contribution in [2.75, 3.05) is 46.7 Å². The van der Waals surface area contributed by atoms with Crippen LogP contribution in [0.1, 0.15) is 17.5 Å². The number of halogens is 2. The van der Waals surface area contributed by atoms with Gasteiger partial charge in [0.1, 0.15) is 35.7 Å². The maximum Gasteiger partial charge on any atom is 0.368 e. The lowest BCUT2D eigenvalue weighted by molar-refractivity contribution is -0.880. The molecule has 1 aliphatic rings. The zero-order valence-electron chi connectivity index (χ0n) is 30.5. The maximum atomic E-state index is 14.5. The third-order valence-corrected chi connectivity index (χ3v) is 9.60. The first-order valence-corrected chi connectivity index (χ1v) is 17.8. The number of quaternary nitrogens is 1. The van der Waals surface area contributed by atoms with Crippen molar-refractivity contribution in [2.45, 2.75) is 19.4 Å². The van der Waals surface area contributed by atoms with Gasteiger partial charge in [-0.2, -0.15) is 4.98 Å². The second kappa shape index (κ2) is 16.6. The first-order valence-electron chi connectivity index (χ1n) is 17.0. The number of nitro groups is 1. The molecule has 0 fully saturated rings. The van der Waals surface area contributed by atoms with Gasteiger partial charge in [0.15, 0.2) is 5.78 Å². The van der Waals surface area contributed by atoms with Crippen LogP contribution in [-0.2, 0) is 17.8 Å². The summed E-state index contributed by atoms with van der Waals surface area (Å²) in [7, 11) is 6.79. The summed E-state index contributed by atoms with van der Waals surface area (Å²) >= 11 is 13.6. The highest BCUT2D eigenvalue weighted by Crippen LogP contribution is 2.45. The summed E-state index contributed by atoms with van der Waals surface area (Å²) in [5.41, 5.74) is 2.44. The molecule has 55 heavy (non-hydrogen) atoms. The summed E-state index contributed by atoms with van der Waals surface area (Å²) in [5.74, 6) is 1.07. The Bertz CT molecular complexity index is 2420. The molecule has 4 heterocycles. The molecule has 0 saturated carbocycles. The minimum Gasteiger partial charge on any atom is -0.495 e. The summed E-state index contributed by atoms with van der Waals surface area (Å²) in [5, 5.41) is 15.2. The van der Waals surface area contributed by atoms with Gasteiger partial charge in [-0.25, -0.2) is 9.97 Å². The number of rotatable bonds is 15. The fourth-order valence-electron chi connectivity index (χ4n) is 6.29. The number of ketones is 1. The molecule has 2 aromatic carbocycles. The Kier molecular flexibility index (Phi) is 11.7. The average Bonchev–Trinajstić information content (AvgIpc) is 3.62. The molecule has 0 bridgehead atoms. The maximum absolute atomic E-state index is 14.5. The van der Waals surface area contributed by atoms with Crippen LogP contribution in [0.2, 0.25) is 10.0 Å². The molecular formula is C39H37Cl2N8O6+. The summed E-state index contributed by atoms with van der Waals surface area (Å²) in [6.07, 6.45) is 8.65. The molecule has 1 N–H and O–H groups in total. The number of pyridine rings is 2. The number of nitrogens with one attached hydrogen (secondary N) is 1. The van der Waals surface area contributed by atoms with Gasteiger partial charge < -0.3 is 29.4 Å². The summed E-state index contributed by atoms with van der Waals surface area (Å²) in [6, 6.07) is 16.0. The van der Waals surface area contributed by atoms with Gasteiger partial charge >= 0.3 is 5.82 Å². The largest absolute Gasteiger partial charge is 0.495 e. The number of methoxy groups -OCH3 is 2. The summed E-state index contributed by atoms with van der Waals surface area (Å²) < 4.78 is 12.9. The van der Waals surface area contributed by atoms with E-state index in [1.807, 2.05) is 44.4 Å². The number of carbonyl (C=O) groups excluding carboxylic acids is 1. The molecule has 0 aliphatic carbocycles. The predicted octanol–water partition coefficient (Wildman–Crippen LogP) is 6.68. The molecule has 0 radical (unpaired) electrons. The van der Waals surface area contributed by atoms with Crippen LogP contribution >= 0.6 is 23.2 Å². The van der Waals surface area contributed by atoms with E-state index in [9.17, 15) is 19.7 Å². The number of hydrogen-bond donors (Lipinski definition) is 1. The Hall–Kier alpha value is -5.96. The van der Waals surface area contributed by atoms with Crippen molar-refractivity contribution in [3.63, 3.8) is 0 Å². The molecular weight excluding hydrogens is 747 g/mol. The molecule has 16 heteroatoms. The molecule has 14 nitrogen and oxygen atoms in total. The molecule has 0 amide bonds. The van der Waals surface area contributed by atoms with Gasteiger partial charge in [0.25, 0.3) is 5.56 Å². The van der Waals surface area contributed by atoms with Crippen LogP contribution < -0.4 is 20.3 Å². The second-order valence-corrected chi connectivity index (χ2v) is 14.1. The third-order valence-electron chi connectivity index (χ3n) is 8.85. The van der Waals surface area contributed by atoms with E-state index in [1.54, 1.807) is 48.9 Å². The van der Waals surface area contributed by atoms with Crippen LogP contribution in [0.15, 0.2) is 100 Å². The lowest BCUT2D eigenvalue weighted by atomic mass is 10.0. The zero-order valence-corrected chi connectivity index (χ0v) is 32.0. The number of carbonyl (C=O) groups is 1. The SMILES string of the molecule is COc1cc(OC)c(Cl)c(-c2cc3cnc(Nc4ccccn4)nc3n(Cc3cccc(CC(=O)/C=C/C[N+](C)(C)CC4=C([N+](=O)[O-])N=CC4)c3)c2=O)c1Cl. The Morgan fingerprint density at radius 1 is 1.04 bits per heavy atom. The topological polar surface area (TPSA) is 164 Å². The third kappa shape index (κ3) is 8.89. The van der Waals surface area contributed by atoms with Gasteiger partial charge in [0, 0.05) is 42.3 Å². The number of aliphatic imine (C=N–C) groups is 1. The number of allylic oxidation sites excluding steroid dienone is 1. The Balaban J connectivity index is 1.31. The minimum absolute atomic E-state index is 0.0782. The van der Waals surface area contributed by atoms with Gasteiger partial charge in [0.2, 0.25) is 5.95 Å². The number of fused-ring (bicyclic) bond motifs is 1. The number of ether oxygens (including phenoxy) is 2. The lowest BCUT2D eigenvalue weighted by Gasteiger charge is -2.28. The van der Waals surface area contributed by atoms with Crippen molar-refractivity contribution in [1.82, 2.24) is 19.5 Å². The number of hydrogen-bond acceptors (Lipinski definition) is 11.